The lowest BCUT2D eigenvalue weighted by atomic mass is 9.74. The van der Waals surface area contributed by atoms with Gasteiger partial charge < -0.3 is 10.1 Å². The molecule has 0 spiro atoms. The number of rotatable bonds is 6. The number of fused-ring (bicyclic) bond motifs is 1. The molecule has 2 amide bonds. The third-order valence-electron chi connectivity index (χ3n) is 6.35. The number of ether oxygens (including phenoxy) is 1. The van der Waals surface area contributed by atoms with E-state index in [-0.39, 0.29) is 17.8 Å². The van der Waals surface area contributed by atoms with Crippen molar-refractivity contribution in [3.8, 4) is 0 Å². The van der Waals surface area contributed by atoms with Crippen molar-refractivity contribution in [2.75, 3.05) is 11.6 Å². The third-order valence-corrected chi connectivity index (χ3v) is 7.08. The Bertz CT molecular complexity index is 1270. The fourth-order valence-corrected chi connectivity index (χ4v) is 5.08. The molecular formula is C28H30F6N2O3S. The van der Waals surface area contributed by atoms with Gasteiger partial charge in [0.1, 0.15) is 11.6 Å². The van der Waals surface area contributed by atoms with E-state index >= 15 is 0 Å². The number of benzene rings is 2. The van der Waals surface area contributed by atoms with Crippen LogP contribution in [0.15, 0.2) is 59.5 Å². The number of nitrogens with zero attached hydrogens (tertiary/aromatic N) is 1. The van der Waals surface area contributed by atoms with E-state index in [0.717, 1.165) is 24.0 Å². The predicted molar refractivity (Wildman–Crippen MR) is 141 cm³/mol. The second kappa shape index (κ2) is 11.0. The van der Waals surface area contributed by atoms with Crippen LogP contribution < -0.4 is 5.32 Å². The van der Waals surface area contributed by atoms with E-state index in [1.165, 1.54) is 16.7 Å². The summed E-state index contributed by atoms with van der Waals surface area (Å²) in [6.07, 6.45) is -11.6. The van der Waals surface area contributed by atoms with Crippen LogP contribution in [0.1, 0.15) is 56.8 Å². The number of anilines is 1. The average Bonchev–Trinajstić information content (AvgIpc) is 3.19. The minimum atomic E-state index is -5.66. The van der Waals surface area contributed by atoms with Crippen LogP contribution in [0, 0.1) is 0 Å². The first-order valence-corrected chi connectivity index (χ1v) is 13.4. The van der Waals surface area contributed by atoms with E-state index in [1.807, 2.05) is 12.3 Å². The van der Waals surface area contributed by atoms with Crippen molar-refractivity contribution in [1.82, 2.24) is 4.90 Å². The number of hydrogen-bond donors (Lipinski definition) is 1. The Hall–Kier alpha value is -3.15. The summed E-state index contributed by atoms with van der Waals surface area (Å²) in [4.78, 5) is 28.5. The fourth-order valence-electron chi connectivity index (χ4n) is 4.62. The number of halogens is 6. The van der Waals surface area contributed by atoms with E-state index in [2.05, 4.69) is 11.9 Å². The van der Waals surface area contributed by atoms with Crippen LogP contribution in [0.2, 0.25) is 0 Å². The number of carbonyl (C=O) groups is 2. The minimum Gasteiger partial charge on any atom is -0.444 e. The Balaban J connectivity index is 1.97. The van der Waals surface area contributed by atoms with Gasteiger partial charge in [-0.05, 0) is 81.3 Å². The molecule has 218 valence electrons. The van der Waals surface area contributed by atoms with Crippen molar-refractivity contribution in [3.05, 3.63) is 71.3 Å². The van der Waals surface area contributed by atoms with Crippen LogP contribution in [0.5, 0.6) is 0 Å². The standard InChI is InChI=1S/C28H30F6N2O3S/c1-16(2)14-26(27(29,30)31,28(32,33)34)18-7-9-19(10-8-18)35-23(37)22-21-12-11-20(40-6)13-17(21)15-36(22)24(38)39-25(3,4)5/h7-13,22H,1,14-15H2,2-6H3,(H,35,37). The summed E-state index contributed by atoms with van der Waals surface area (Å²) >= 11 is 1.48. The highest BCUT2D eigenvalue weighted by Gasteiger charge is 2.71. The lowest BCUT2D eigenvalue weighted by molar-refractivity contribution is -0.303. The van der Waals surface area contributed by atoms with Crippen LogP contribution in [-0.4, -0.2) is 41.1 Å². The smallest absolute Gasteiger partial charge is 0.411 e. The maximum absolute atomic E-state index is 14.0. The highest BCUT2D eigenvalue weighted by Crippen LogP contribution is 2.55. The first-order chi connectivity index (χ1) is 18.3. The molecule has 1 unspecified atom stereocenters. The fraction of sp³-hybridized carbons (Fsp3) is 0.429. The van der Waals surface area contributed by atoms with Crippen molar-refractivity contribution >= 4 is 29.4 Å². The van der Waals surface area contributed by atoms with Gasteiger partial charge in [0, 0.05) is 10.6 Å². The van der Waals surface area contributed by atoms with Crippen molar-refractivity contribution in [2.45, 2.75) is 75.0 Å². The zero-order valence-corrected chi connectivity index (χ0v) is 23.4. The highest BCUT2D eigenvalue weighted by atomic mass is 32.2. The summed E-state index contributed by atoms with van der Waals surface area (Å²) in [5, 5.41) is 2.52. The molecule has 12 heteroatoms. The first-order valence-electron chi connectivity index (χ1n) is 12.2. The molecule has 0 saturated heterocycles. The van der Waals surface area contributed by atoms with Gasteiger partial charge in [-0.1, -0.05) is 23.8 Å². The van der Waals surface area contributed by atoms with Gasteiger partial charge in [0.05, 0.1) is 6.54 Å². The van der Waals surface area contributed by atoms with Crippen molar-refractivity contribution < 1.29 is 40.7 Å². The molecule has 1 aliphatic rings. The Morgan fingerprint density at radius 1 is 1.02 bits per heavy atom. The number of nitrogens with one attached hydrogen (secondary N) is 1. The quantitative estimate of drug-likeness (QED) is 0.210. The molecule has 2 aromatic carbocycles. The lowest BCUT2D eigenvalue weighted by Crippen LogP contribution is -2.54. The monoisotopic (exact) mass is 588 g/mol. The van der Waals surface area contributed by atoms with Gasteiger partial charge in [-0.2, -0.15) is 26.3 Å². The second-order valence-electron chi connectivity index (χ2n) is 10.7. The number of hydrogen-bond acceptors (Lipinski definition) is 4. The summed E-state index contributed by atoms with van der Waals surface area (Å²) in [6, 6.07) is 7.54. The Morgan fingerprint density at radius 2 is 1.60 bits per heavy atom. The average molecular weight is 589 g/mol. The van der Waals surface area contributed by atoms with Crippen LogP contribution in [0.3, 0.4) is 0 Å². The second-order valence-corrected chi connectivity index (χ2v) is 11.6. The molecule has 1 aliphatic heterocycles. The highest BCUT2D eigenvalue weighted by molar-refractivity contribution is 7.98. The first kappa shape index (κ1) is 31.4. The molecule has 0 radical (unpaired) electrons. The number of amides is 2. The van der Waals surface area contributed by atoms with E-state index in [4.69, 9.17) is 4.74 Å². The van der Waals surface area contributed by atoms with Gasteiger partial charge >= 0.3 is 18.4 Å². The van der Waals surface area contributed by atoms with Crippen molar-refractivity contribution in [3.63, 3.8) is 0 Å². The van der Waals surface area contributed by atoms with Crippen molar-refractivity contribution in [2.24, 2.45) is 0 Å². The van der Waals surface area contributed by atoms with E-state index < -0.39 is 53.4 Å². The molecule has 3 rings (SSSR count). The molecule has 1 atom stereocenters. The number of alkyl halides is 6. The largest absolute Gasteiger partial charge is 0.444 e. The Kier molecular flexibility index (Phi) is 8.65. The molecule has 0 aliphatic carbocycles. The van der Waals surface area contributed by atoms with Gasteiger partial charge in [-0.25, -0.2) is 4.79 Å². The molecule has 0 saturated carbocycles. The molecule has 0 bridgehead atoms. The molecule has 2 aromatic rings. The molecule has 40 heavy (non-hydrogen) atoms. The van der Waals surface area contributed by atoms with E-state index in [9.17, 15) is 35.9 Å². The lowest BCUT2D eigenvalue weighted by Gasteiger charge is -2.38. The minimum absolute atomic E-state index is 0.0411. The topological polar surface area (TPSA) is 58.6 Å². The normalized spacial score (nSPS) is 16.0. The molecule has 1 heterocycles. The maximum Gasteiger partial charge on any atom is 0.411 e. The number of thioether (sulfide) groups is 1. The Labute approximate surface area is 232 Å². The molecular weight excluding hydrogens is 558 g/mol. The number of carbonyl (C=O) groups excluding carboxylic acids is 2. The predicted octanol–water partition coefficient (Wildman–Crippen LogP) is 8.17. The van der Waals surface area contributed by atoms with Crippen molar-refractivity contribution in [1.29, 1.82) is 0 Å². The summed E-state index contributed by atoms with van der Waals surface area (Å²) in [5.41, 5.74) is -5.12. The summed E-state index contributed by atoms with van der Waals surface area (Å²) in [7, 11) is 0. The van der Waals surface area contributed by atoms with Gasteiger partial charge in [0.25, 0.3) is 5.91 Å². The van der Waals surface area contributed by atoms with Gasteiger partial charge in [-0.3, -0.25) is 9.69 Å². The Morgan fingerprint density at radius 3 is 2.08 bits per heavy atom. The van der Waals surface area contributed by atoms with Gasteiger partial charge in [0.15, 0.2) is 5.41 Å². The zero-order valence-electron chi connectivity index (χ0n) is 22.6. The zero-order chi connectivity index (χ0) is 30.3. The molecule has 0 aromatic heterocycles. The summed E-state index contributed by atoms with van der Waals surface area (Å²) < 4.78 is 89.4. The molecule has 5 nitrogen and oxygen atoms in total. The van der Waals surface area contributed by atoms with Crippen LogP contribution in [0.4, 0.5) is 36.8 Å². The summed E-state index contributed by atoms with van der Waals surface area (Å²) in [5.74, 6) is -0.700. The van der Waals surface area contributed by atoms with E-state index in [1.54, 1.807) is 32.9 Å². The van der Waals surface area contributed by atoms with E-state index in [0.29, 0.717) is 23.3 Å². The maximum atomic E-state index is 14.0. The molecule has 1 N–H and O–H groups in total. The SMILES string of the molecule is C=C(C)CC(c1ccc(NC(=O)C2c3ccc(SC)cc3CN2C(=O)OC(C)(C)C)cc1)(C(F)(F)F)C(F)(F)F. The summed E-state index contributed by atoms with van der Waals surface area (Å²) in [6.45, 7) is 9.46. The van der Waals surface area contributed by atoms with Gasteiger partial charge in [-0.15, -0.1) is 18.3 Å². The van der Waals surface area contributed by atoms with Crippen LogP contribution in [0.25, 0.3) is 0 Å². The third kappa shape index (κ3) is 6.26. The van der Waals surface area contributed by atoms with Gasteiger partial charge in [0.2, 0.25) is 0 Å². The molecule has 0 fully saturated rings. The number of allylic oxidation sites excluding steroid dienone is 1. The van der Waals surface area contributed by atoms with Crippen LogP contribution >= 0.6 is 11.8 Å². The van der Waals surface area contributed by atoms with Crippen LogP contribution in [-0.2, 0) is 21.5 Å².